The average Bonchev–Trinajstić information content (AvgIpc) is 2.25. The second-order valence-electron chi connectivity index (χ2n) is 4.31. The summed E-state index contributed by atoms with van der Waals surface area (Å²) >= 11 is 5.92. The lowest BCUT2D eigenvalue weighted by molar-refractivity contribution is -0.122. The Kier molecular flexibility index (Phi) is 4.97. The van der Waals surface area contributed by atoms with Crippen LogP contribution in [0.15, 0.2) is 24.3 Å². The van der Waals surface area contributed by atoms with Gasteiger partial charge in [-0.05, 0) is 24.2 Å². The first-order valence-corrected chi connectivity index (χ1v) is 5.90. The highest BCUT2D eigenvalue weighted by atomic mass is 35.5. The summed E-state index contributed by atoms with van der Waals surface area (Å²) in [5.74, 6) is 0.386. The zero-order valence-corrected chi connectivity index (χ0v) is 10.5. The number of Topliss-reactive ketones (excluding diaryl/α,β-unsaturated/α-hetero) is 1. The van der Waals surface area contributed by atoms with Crippen molar-refractivity contribution in [1.29, 1.82) is 0 Å². The Bertz CT molecular complexity index is 363. The molecule has 0 aliphatic rings. The number of carbonyl (C=O) groups excluding carboxylic acids is 1. The van der Waals surface area contributed by atoms with E-state index >= 15 is 0 Å². The van der Waals surface area contributed by atoms with Crippen LogP contribution in [0.3, 0.4) is 0 Å². The molecule has 0 bridgehead atoms. The highest BCUT2D eigenvalue weighted by Gasteiger charge is 2.16. The molecule has 3 heteroatoms. The molecule has 1 rings (SSSR count). The summed E-state index contributed by atoms with van der Waals surface area (Å²) in [4.78, 5) is 11.7. The lowest BCUT2D eigenvalue weighted by Gasteiger charge is -2.15. The third-order valence-corrected chi connectivity index (χ3v) is 2.93. The molecule has 0 saturated carbocycles. The fraction of sp³-hybridized carbons (Fsp3) is 0.462. The minimum absolute atomic E-state index is 0.0632. The van der Waals surface area contributed by atoms with E-state index in [4.69, 9.17) is 17.3 Å². The van der Waals surface area contributed by atoms with E-state index in [1.807, 2.05) is 38.1 Å². The van der Waals surface area contributed by atoms with Crippen molar-refractivity contribution in [2.75, 3.05) is 6.54 Å². The highest BCUT2D eigenvalue weighted by Crippen LogP contribution is 2.23. The van der Waals surface area contributed by atoms with Crippen molar-refractivity contribution in [3.8, 4) is 0 Å². The number of carbonyl (C=O) groups is 1. The zero-order chi connectivity index (χ0) is 12.1. The summed E-state index contributed by atoms with van der Waals surface area (Å²) in [6, 6.07) is 7.56. The molecule has 0 fully saturated rings. The van der Waals surface area contributed by atoms with Gasteiger partial charge in [0, 0.05) is 23.3 Å². The van der Waals surface area contributed by atoms with Gasteiger partial charge in [-0.2, -0.15) is 0 Å². The van der Waals surface area contributed by atoms with Crippen molar-refractivity contribution in [2.45, 2.75) is 26.2 Å². The maximum absolute atomic E-state index is 11.7. The van der Waals surface area contributed by atoms with Gasteiger partial charge in [0.25, 0.3) is 0 Å². The molecule has 0 unspecified atom stereocenters. The maximum atomic E-state index is 11.7. The first kappa shape index (κ1) is 13.2. The second kappa shape index (κ2) is 6.02. The summed E-state index contributed by atoms with van der Waals surface area (Å²) in [5.41, 5.74) is 6.75. The number of benzene rings is 1. The van der Waals surface area contributed by atoms with Gasteiger partial charge in [0.2, 0.25) is 0 Å². The lowest BCUT2D eigenvalue weighted by Crippen LogP contribution is -2.19. The minimum atomic E-state index is 0.0632. The summed E-state index contributed by atoms with van der Waals surface area (Å²) < 4.78 is 0. The molecule has 0 aliphatic heterocycles. The molecule has 88 valence electrons. The van der Waals surface area contributed by atoms with Gasteiger partial charge in [-0.1, -0.05) is 37.6 Å². The van der Waals surface area contributed by atoms with Crippen LogP contribution in [0.5, 0.6) is 0 Å². The van der Waals surface area contributed by atoms with E-state index in [0.717, 1.165) is 5.56 Å². The molecule has 0 aliphatic carbocycles. The van der Waals surface area contributed by atoms with E-state index in [1.54, 1.807) is 0 Å². The average molecular weight is 240 g/mol. The smallest absolute Gasteiger partial charge is 0.136 e. The molecule has 0 aromatic heterocycles. The molecule has 2 nitrogen and oxygen atoms in total. The van der Waals surface area contributed by atoms with Crippen LogP contribution in [0.1, 0.15) is 31.7 Å². The molecule has 0 saturated heterocycles. The fourth-order valence-electron chi connectivity index (χ4n) is 1.58. The van der Waals surface area contributed by atoms with E-state index in [0.29, 0.717) is 18.0 Å². The third-order valence-electron chi connectivity index (χ3n) is 2.70. The van der Waals surface area contributed by atoms with Gasteiger partial charge < -0.3 is 5.73 Å². The highest BCUT2D eigenvalue weighted by molar-refractivity contribution is 6.30. The van der Waals surface area contributed by atoms with Crippen LogP contribution in [0.2, 0.25) is 5.02 Å². The Morgan fingerprint density at radius 2 is 2.12 bits per heavy atom. The number of ketones is 1. The van der Waals surface area contributed by atoms with Crippen LogP contribution in [0.25, 0.3) is 0 Å². The lowest BCUT2D eigenvalue weighted by atomic mass is 9.90. The Hall–Kier alpha value is -0.860. The van der Waals surface area contributed by atoms with Crippen LogP contribution in [-0.2, 0) is 4.79 Å². The Labute approximate surface area is 102 Å². The molecule has 2 N–H and O–H groups in total. The Morgan fingerprint density at radius 3 is 2.62 bits per heavy atom. The maximum Gasteiger partial charge on any atom is 0.136 e. The molecular formula is C13H18ClNO. The number of halogens is 1. The van der Waals surface area contributed by atoms with Gasteiger partial charge in [0.05, 0.1) is 0 Å². The standard InChI is InChI=1S/C13H18ClNO/c1-9(2)13(16)7-11(8-15)10-4-3-5-12(14)6-10/h3-6,9,11H,7-8,15H2,1-2H3/t11-/m0/s1. The van der Waals surface area contributed by atoms with Crippen molar-refractivity contribution in [3.05, 3.63) is 34.9 Å². The third kappa shape index (κ3) is 3.62. The van der Waals surface area contributed by atoms with Crippen LogP contribution in [-0.4, -0.2) is 12.3 Å². The van der Waals surface area contributed by atoms with E-state index < -0.39 is 0 Å². The summed E-state index contributed by atoms with van der Waals surface area (Å²) in [5, 5.41) is 0.688. The predicted molar refractivity (Wildman–Crippen MR) is 67.7 cm³/mol. The second-order valence-corrected chi connectivity index (χ2v) is 4.75. The molecule has 0 spiro atoms. The van der Waals surface area contributed by atoms with Crippen LogP contribution >= 0.6 is 11.6 Å². The van der Waals surface area contributed by atoms with Crippen LogP contribution in [0, 0.1) is 5.92 Å². The van der Waals surface area contributed by atoms with E-state index in [-0.39, 0.29) is 17.6 Å². The van der Waals surface area contributed by atoms with Gasteiger partial charge in [0.15, 0.2) is 0 Å². The number of hydrogen-bond acceptors (Lipinski definition) is 2. The number of hydrogen-bond donors (Lipinski definition) is 1. The minimum Gasteiger partial charge on any atom is -0.330 e. The van der Waals surface area contributed by atoms with Gasteiger partial charge >= 0.3 is 0 Å². The summed E-state index contributed by atoms with van der Waals surface area (Å²) in [6.45, 7) is 4.29. The fourth-order valence-corrected chi connectivity index (χ4v) is 1.78. The normalized spacial score (nSPS) is 12.8. The SMILES string of the molecule is CC(C)C(=O)C[C@@H](CN)c1cccc(Cl)c1. The zero-order valence-electron chi connectivity index (χ0n) is 9.74. The van der Waals surface area contributed by atoms with E-state index in [2.05, 4.69) is 0 Å². The van der Waals surface area contributed by atoms with Crippen molar-refractivity contribution < 1.29 is 4.79 Å². The van der Waals surface area contributed by atoms with Gasteiger partial charge in [-0.25, -0.2) is 0 Å². The van der Waals surface area contributed by atoms with Crippen molar-refractivity contribution >= 4 is 17.4 Å². The molecule has 1 atom stereocenters. The van der Waals surface area contributed by atoms with Gasteiger partial charge in [0.1, 0.15) is 5.78 Å². The Balaban J connectivity index is 2.78. The largest absolute Gasteiger partial charge is 0.330 e. The molecule has 16 heavy (non-hydrogen) atoms. The first-order valence-electron chi connectivity index (χ1n) is 5.52. The van der Waals surface area contributed by atoms with Crippen LogP contribution in [0.4, 0.5) is 0 Å². The number of nitrogens with two attached hydrogens (primary N) is 1. The molecular weight excluding hydrogens is 222 g/mol. The van der Waals surface area contributed by atoms with Crippen molar-refractivity contribution in [1.82, 2.24) is 0 Å². The van der Waals surface area contributed by atoms with E-state index in [1.165, 1.54) is 0 Å². The molecule has 1 aromatic carbocycles. The molecule has 1 aromatic rings. The summed E-state index contributed by atoms with van der Waals surface area (Å²) in [6.07, 6.45) is 0.495. The monoisotopic (exact) mass is 239 g/mol. The topological polar surface area (TPSA) is 43.1 Å². The van der Waals surface area contributed by atoms with Crippen molar-refractivity contribution in [2.24, 2.45) is 11.7 Å². The molecule has 0 heterocycles. The van der Waals surface area contributed by atoms with Crippen molar-refractivity contribution in [3.63, 3.8) is 0 Å². The molecule has 0 radical (unpaired) electrons. The van der Waals surface area contributed by atoms with Gasteiger partial charge in [-0.3, -0.25) is 4.79 Å². The quantitative estimate of drug-likeness (QED) is 0.859. The molecule has 0 amide bonds. The summed E-state index contributed by atoms with van der Waals surface area (Å²) in [7, 11) is 0. The Morgan fingerprint density at radius 1 is 1.44 bits per heavy atom. The van der Waals surface area contributed by atoms with Gasteiger partial charge in [-0.15, -0.1) is 0 Å². The van der Waals surface area contributed by atoms with Crippen LogP contribution < -0.4 is 5.73 Å². The predicted octanol–water partition coefficient (Wildman–Crippen LogP) is 3.00. The number of rotatable bonds is 5. The van der Waals surface area contributed by atoms with E-state index in [9.17, 15) is 4.79 Å². The first-order chi connectivity index (χ1) is 7.54.